The lowest BCUT2D eigenvalue weighted by molar-refractivity contribution is -0.145. The third kappa shape index (κ3) is 7.17. The van der Waals surface area contributed by atoms with Crippen molar-refractivity contribution >= 4 is 40.0 Å². The SMILES string of the molecule is CCOC(=O)COc1cc(Br)c(/C=N\Nc2nc(OC)nc(N3CCCCC3)n2)cc1OCC. The predicted octanol–water partition coefficient (Wildman–Crippen LogP) is 3.42. The number of aromatic nitrogens is 3. The second-order valence-electron chi connectivity index (χ2n) is 7.21. The summed E-state index contributed by atoms with van der Waals surface area (Å²) in [5.74, 6) is 1.28. The number of ether oxygens (including phenoxy) is 4. The van der Waals surface area contributed by atoms with Gasteiger partial charge in [0, 0.05) is 23.1 Å². The number of hydrazone groups is 1. The molecular weight excluding hydrogens is 508 g/mol. The van der Waals surface area contributed by atoms with Gasteiger partial charge in [0.15, 0.2) is 18.1 Å². The van der Waals surface area contributed by atoms with E-state index in [4.69, 9.17) is 18.9 Å². The van der Waals surface area contributed by atoms with Crippen LogP contribution in [-0.4, -0.2) is 67.2 Å². The van der Waals surface area contributed by atoms with Crippen molar-refractivity contribution in [2.24, 2.45) is 5.10 Å². The maximum absolute atomic E-state index is 11.6. The number of nitrogens with one attached hydrogen (secondary N) is 1. The summed E-state index contributed by atoms with van der Waals surface area (Å²) in [5.41, 5.74) is 3.56. The van der Waals surface area contributed by atoms with E-state index in [9.17, 15) is 4.79 Å². The van der Waals surface area contributed by atoms with E-state index < -0.39 is 5.97 Å². The molecule has 1 aromatic carbocycles. The molecule has 11 nitrogen and oxygen atoms in total. The number of anilines is 2. The fraction of sp³-hybridized carbons (Fsp3) is 0.500. The molecule has 1 saturated heterocycles. The molecule has 0 radical (unpaired) electrons. The smallest absolute Gasteiger partial charge is 0.344 e. The third-order valence-corrected chi connectivity index (χ3v) is 5.49. The second-order valence-corrected chi connectivity index (χ2v) is 8.06. The normalized spacial score (nSPS) is 13.6. The lowest BCUT2D eigenvalue weighted by Crippen LogP contribution is -2.31. The van der Waals surface area contributed by atoms with E-state index in [1.165, 1.54) is 13.5 Å². The van der Waals surface area contributed by atoms with Crippen molar-refractivity contribution in [2.75, 3.05) is 50.3 Å². The standard InChI is InChI=1S/C22H29BrN6O5/c1-4-32-17-11-15(16(23)12-18(17)34-14-19(30)33-5-2)13-24-28-20-25-21(27-22(26-20)31-3)29-9-7-6-8-10-29/h11-13H,4-10,14H2,1-3H3,(H,25,26,27,28)/b24-13-. The molecule has 34 heavy (non-hydrogen) atoms. The van der Waals surface area contributed by atoms with Crippen LogP contribution in [0.1, 0.15) is 38.7 Å². The Morgan fingerprint density at radius 1 is 1.12 bits per heavy atom. The Kier molecular flexibility index (Phi) is 9.68. The van der Waals surface area contributed by atoms with E-state index in [0.29, 0.717) is 35.1 Å². The highest BCUT2D eigenvalue weighted by Crippen LogP contribution is 2.33. The first kappa shape index (κ1) is 25.5. The van der Waals surface area contributed by atoms with Crippen LogP contribution in [-0.2, 0) is 9.53 Å². The van der Waals surface area contributed by atoms with Crippen LogP contribution in [0.3, 0.4) is 0 Å². The monoisotopic (exact) mass is 536 g/mol. The number of hydrogen-bond donors (Lipinski definition) is 1. The largest absolute Gasteiger partial charge is 0.490 e. The summed E-state index contributed by atoms with van der Waals surface area (Å²) in [5, 5.41) is 4.26. The summed E-state index contributed by atoms with van der Waals surface area (Å²) in [7, 11) is 1.51. The van der Waals surface area contributed by atoms with Crippen LogP contribution in [0.4, 0.5) is 11.9 Å². The molecule has 1 aliphatic heterocycles. The number of hydrogen-bond acceptors (Lipinski definition) is 11. The van der Waals surface area contributed by atoms with Crippen LogP contribution in [0.2, 0.25) is 0 Å². The third-order valence-electron chi connectivity index (χ3n) is 4.81. The van der Waals surface area contributed by atoms with E-state index in [1.807, 2.05) is 6.92 Å². The molecule has 2 heterocycles. The Bertz CT molecular complexity index is 1000. The first-order valence-corrected chi connectivity index (χ1v) is 11.9. The topological polar surface area (TPSA) is 120 Å². The number of rotatable bonds is 11. The molecule has 1 aliphatic rings. The van der Waals surface area contributed by atoms with Crippen molar-refractivity contribution in [3.05, 3.63) is 22.2 Å². The van der Waals surface area contributed by atoms with Crippen LogP contribution in [0, 0.1) is 0 Å². The van der Waals surface area contributed by atoms with Crippen molar-refractivity contribution in [1.82, 2.24) is 15.0 Å². The maximum atomic E-state index is 11.6. The molecule has 184 valence electrons. The summed E-state index contributed by atoms with van der Waals surface area (Å²) in [4.78, 5) is 26.8. The molecule has 0 unspecified atom stereocenters. The fourth-order valence-corrected chi connectivity index (χ4v) is 3.68. The number of piperidine rings is 1. The summed E-state index contributed by atoms with van der Waals surface area (Å²) in [6.07, 6.45) is 5.01. The summed E-state index contributed by atoms with van der Waals surface area (Å²) < 4.78 is 22.1. The van der Waals surface area contributed by atoms with Gasteiger partial charge >= 0.3 is 12.0 Å². The number of benzene rings is 1. The quantitative estimate of drug-likeness (QED) is 0.259. The Morgan fingerprint density at radius 2 is 1.88 bits per heavy atom. The zero-order valence-corrected chi connectivity index (χ0v) is 21.1. The first-order chi connectivity index (χ1) is 16.5. The molecule has 0 spiro atoms. The molecule has 1 aromatic heterocycles. The lowest BCUT2D eigenvalue weighted by atomic mass is 10.1. The van der Waals surface area contributed by atoms with Crippen molar-refractivity contribution < 1.29 is 23.7 Å². The zero-order valence-electron chi connectivity index (χ0n) is 19.5. The van der Waals surface area contributed by atoms with Gasteiger partial charge in [0.05, 0.1) is 26.5 Å². The molecule has 2 aromatic rings. The van der Waals surface area contributed by atoms with Crippen LogP contribution in [0.25, 0.3) is 0 Å². The van der Waals surface area contributed by atoms with E-state index >= 15 is 0 Å². The van der Waals surface area contributed by atoms with Gasteiger partial charge in [-0.25, -0.2) is 10.2 Å². The van der Waals surface area contributed by atoms with Gasteiger partial charge in [-0.1, -0.05) is 0 Å². The average Bonchev–Trinajstić information content (AvgIpc) is 2.85. The molecule has 1 N–H and O–H groups in total. The minimum atomic E-state index is -0.451. The van der Waals surface area contributed by atoms with Crippen LogP contribution >= 0.6 is 15.9 Å². The molecule has 1 fully saturated rings. The Hall–Kier alpha value is -3.15. The lowest BCUT2D eigenvalue weighted by Gasteiger charge is -2.26. The molecule has 0 amide bonds. The molecule has 12 heteroatoms. The first-order valence-electron chi connectivity index (χ1n) is 11.1. The molecule has 0 atom stereocenters. The Morgan fingerprint density at radius 3 is 2.59 bits per heavy atom. The number of esters is 1. The number of nitrogens with zero attached hydrogens (tertiary/aromatic N) is 5. The highest BCUT2D eigenvalue weighted by molar-refractivity contribution is 9.10. The van der Waals surface area contributed by atoms with Gasteiger partial charge < -0.3 is 23.8 Å². The van der Waals surface area contributed by atoms with Gasteiger partial charge in [-0.2, -0.15) is 20.1 Å². The molecule has 0 aliphatic carbocycles. The van der Waals surface area contributed by atoms with Gasteiger partial charge in [0.1, 0.15) is 0 Å². The Balaban J connectivity index is 1.74. The van der Waals surface area contributed by atoms with Gasteiger partial charge in [0.25, 0.3) is 5.95 Å². The number of methoxy groups -OCH3 is 1. The van der Waals surface area contributed by atoms with Crippen LogP contribution in [0.15, 0.2) is 21.7 Å². The highest BCUT2D eigenvalue weighted by atomic mass is 79.9. The van der Waals surface area contributed by atoms with E-state index in [-0.39, 0.29) is 18.6 Å². The van der Waals surface area contributed by atoms with Gasteiger partial charge in [-0.3, -0.25) is 0 Å². The zero-order chi connectivity index (χ0) is 24.3. The van der Waals surface area contributed by atoms with Crippen LogP contribution in [0.5, 0.6) is 17.5 Å². The van der Waals surface area contributed by atoms with Gasteiger partial charge in [0.2, 0.25) is 5.95 Å². The van der Waals surface area contributed by atoms with Crippen molar-refractivity contribution in [2.45, 2.75) is 33.1 Å². The van der Waals surface area contributed by atoms with E-state index in [2.05, 4.69) is 46.3 Å². The summed E-state index contributed by atoms with van der Waals surface area (Å²) in [6.45, 7) is 5.90. The number of carbonyl (C=O) groups excluding carboxylic acids is 1. The maximum Gasteiger partial charge on any atom is 0.344 e. The van der Waals surface area contributed by atoms with Crippen molar-refractivity contribution in [1.29, 1.82) is 0 Å². The van der Waals surface area contributed by atoms with Gasteiger partial charge in [-0.05, 0) is 61.2 Å². The highest BCUT2D eigenvalue weighted by Gasteiger charge is 2.17. The molecule has 0 bridgehead atoms. The molecular formula is C22H29BrN6O5. The summed E-state index contributed by atoms with van der Waals surface area (Å²) in [6, 6.07) is 3.69. The van der Waals surface area contributed by atoms with E-state index in [1.54, 1.807) is 25.3 Å². The second kappa shape index (κ2) is 12.9. The summed E-state index contributed by atoms with van der Waals surface area (Å²) >= 11 is 3.50. The molecule has 0 saturated carbocycles. The van der Waals surface area contributed by atoms with E-state index in [0.717, 1.165) is 31.5 Å². The minimum absolute atomic E-state index is 0.212. The number of carbonyl (C=O) groups is 1. The fourth-order valence-electron chi connectivity index (χ4n) is 3.25. The average molecular weight is 537 g/mol. The number of halogens is 1. The van der Waals surface area contributed by atoms with Crippen molar-refractivity contribution in [3.63, 3.8) is 0 Å². The van der Waals surface area contributed by atoms with Gasteiger partial charge in [-0.15, -0.1) is 0 Å². The predicted molar refractivity (Wildman–Crippen MR) is 131 cm³/mol. The van der Waals surface area contributed by atoms with Crippen LogP contribution < -0.4 is 24.5 Å². The molecule has 3 rings (SSSR count). The minimum Gasteiger partial charge on any atom is -0.490 e. The van der Waals surface area contributed by atoms with Crippen molar-refractivity contribution in [3.8, 4) is 17.5 Å². The Labute approximate surface area is 207 Å².